The molecule has 0 aromatic heterocycles. The first-order chi connectivity index (χ1) is 11.7. The van der Waals surface area contributed by atoms with Crippen molar-refractivity contribution >= 4 is 34.8 Å². The monoisotopic (exact) mass is 368 g/mol. The van der Waals surface area contributed by atoms with Crippen molar-refractivity contribution in [1.29, 1.82) is 0 Å². The Kier molecular flexibility index (Phi) is 10.8. The molecule has 0 aliphatic carbocycles. The molecule has 24 heavy (non-hydrogen) atoms. The number of ether oxygens (including phenoxy) is 4. The summed E-state index contributed by atoms with van der Waals surface area (Å²) in [6.45, 7) is 5.28. The number of hydrogen-bond acceptors (Lipinski definition) is 8. The Balaban J connectivity index is 2.51. The Morgan fingerprint density at radius 1 is 0.875 bits per heavy atom. The molecule has 0 amide bonds. The van der Waals surface area contributed by atoms with Gasteiger partial charge >= 0.3 is 0 Å². The van der Waals surface area contributed by atoms with E-state index in [1.807, 2.05) is 12.1 Å². The molecule has 0 aliphatic rings. The molecule has 0 saturated heterocycles. The zero-order chi connectivity index (χ0) is 17.6. The van der Waals surface area contributed by atoms with Crippen molar-refractivity contribution in [3.8, 4) is 11.5 Å². The molecule has 0 spiro atoms. The summed E-state index contributed by atoms with van der Waals surface area (Å²) in [4.78, 5) is 7.55. The minimum absolute atomic E-state index is 0.397. The summed E-state index contributed by atoms with van der Waals surface area (Å²) in [6, 6.07) is 7.30. The summed E-state index contributed by atoms with van der Waals surface area (Å²) in [5.41, 5.74) is 0. The van der Waals surface area contributed by atoms with Gasteiger partial charge in [0.05, 0.1) is 36.6 Å². The highest BCUT2D eigenvalue weighted by Crippen LogP contribution is 2.28. The number of nitrogens with zero attached hydrogens (tertiary/aromatic N) is 2. The second-order valence-corrected chi connectivity index (χ2v) is 4.87. The van der Waals surface area contributed by atoms with Crippen LogP contribution < -0.4 is 9.47 Å². The van der Waals surface area contributed by atoms with Gasteiger partial charge in [-0.25, -0.2) is 9.98 Å². The number of isothiocyanates is 2. The lowest BCUT2D eigenvalue weighted by Crippen LogP contribution is -2.21. The van der Waals surface area contributed by atoms with Crippen molar-refractivity contribution in [2.75, 3.05) is 26.3 Å². The lowest BCUT2D eigenvalue weighted by atomic mass is 10.3. The minimum Gasteiger partial charge on any atom is -0.461 e. The summed E-state index contributed by atoms with van der Waals surface area (Å²) in [7, 11) is 0. The number of thiocarbonyl (C=S) groups is 2. The fourth-order valence-electron chi connectivity index (χ4n) is 1.69. The van der Waals surface area contributed by atoms with E-state index in [1.54, 1.807) is 26.0 Å². The van der Waals surface area contributed by atoms with Gasteiger partial charge in [-0.1, -0.05) is 12.1 Å². The Morgan fingerprint density at radius 2 is 1.29 bits per heavy atom. The molecule has 0 saturated carbocycles. The number of rotatable bonds is 12. The molecule has 0 aliphatic heterocycles. The molecule has 0 heterocycles. The topological polar surface area (TPSA) is 61.6 Å². The molecule has 0 fully saturated rings. The fraction of sp³-hybridized carbons (Fsp3) is 0.500. The van der Waals surface area contributed by atoms with Gasteiger partial charge in [-0.2, -0.15) is 0 Å². The quantitative estimate of drug-likeness (QED) is 0.244. The van der Waals surface area contributed by atoms with E-state index in [0.29, 0.717) is 37.8 Å². The standard InChI is InChI=1S/C16H20N2O4S2/c1-13(19-9-7-17-11-23)21-15-5-3-4-6-16(15)22-14(2)20-10-8-18-12-24/h3-6,13-14H,7-10H2,1-2H3. The van der Waals surface area contributed by atoms with Gasteiger partial charge in [0.2, 0.25) is 0 Å². The largest absolute Gasteiger partial charge is 0.461 e. The lowest BCUT2D eigenvalue weighted by Gasteiger charge is -2.20. The molecule has 0 N–H and O–H groups in total. The summed E-state index contributed by atoms with van der Waals surface area (Å²) < 4.78 is 22.4. The van der Waals surface area contributed by atoms with Crippen molar-refractivity contribution in [1.82, 2.24) is 0 Å². The van der Waals surface area contributed by atoms with Crippen molar-refractivity contribution < 1.29 is 18.9 Å². The highest BCUT2D eigenvalue weighted by atomic mass is 32.1. The molecule has 1 aromatic rings. The van der Waals surface area contributed by atoms with Crippen molar-refractivity contribution in [2.24, 2.45) is 9.98 Å². The van der Waals surface area contributed by atoms with Crippen molar-refractivity contribution in [3.05, 3.63) is 24.3 Å². The maximum absolute atomic E-state index is 5.74. The van der Waals surface area contributed by atoms with Gasteiger partial charge in [0.25, 0.3) is 0 Å². The van der Waals surface area contributed by atoms with Crippen LogP contribution in [0.25, 0.3) is 0 Å². The van der Waals surface area contributed by atoms with E-state index in [1.165, 1.54) is 0 Å². The summed E-state index contributed by atoms with van der Waals surface area (Å²) in [5, 5.41) is 4.57. The third-order valence-corrected chi connectivity index (χ3v) is 2.93. The average Bonchev–Trinajstić information content (AvgIpc) is 2.57. The van der Waals surface area contributed by atoms with E-state index < -0.39 is 12.6 Å². The second-order valence-electron chi connectivity index (χ2n) is 4.51. The molecular weight excluding hydrogens is 348 g/mol. The van der Waals surface area contributed by atoms with E-state index in [0.717, 1.165) is 0 Å². The van der Waals surface area contributed by atoms with Crippen LogP contribution >= 0.6 is 24.4 Å². The van der Waals surface area contributed by atoms with Crippen LogP contribution in [0.4, 0.5) is 0 Å². The lowest BCUT2D eigenvalue weighted by molar-refractivity contribution is -0.0783. The second kappa shape index (κ2) is 12.7. The number of para-hydroxylation sites is 2. The third kappa shape index (κ3) is 8.84. The summed E-state index contributed by atoms with van der Waals surface area (Å²) in [6.07, 6.45) is -0.911. The number of benzene rings is 1. The smallest absolute Gasteiger partial charge is 0.197 e. The number of aliphatic imine (C=N–C) groups is 2. The maximum Gasteiger partial charge on any atom is 0.197 e. The molecule has 2 atom stereocenters. The van der Waals surface area contributed by atoms with Crippen LogP contribution in [0.3, 0.4) is 0 Å². The van der Waals surface area contributed by atoms with Gasteiger partial charge in [-0.3, -0.25) is 0 Å². The van der Waals surface area contributed by atoms with Crippen LogP contribution in [0.2, 0.25) is 0 Å². The highest BCUT2D eigenvalue weighted by molar-refractivity contribution is 7.78. The predicted molar refractivity (Wildman–Crippen MR) is 98.3 cm³/mol. The predicted octanol–water partition coefficient (Wildman–Crippen LogP) is 3.38. The van der Waals surface area contributed by atoms with Crippen LogP contribution in [0.15, 0.2) is 34.3 Å². The molecule has 6 nitrogen and oxygen atoms in total. The molecular formula is C16H20N2O4S2. The molecule has 1 rings (SSSR count). The molecule has 0 radical (unpaired) electrons. The van der Waals surface area contributed by atoms with E-state index in [-0.39, 0.29) is 0 Å². The Morgan fingerprint density at radius 3 is 1.67 bits per heavy atom. The maximum atomic E-state index is 5.74. The Bertz CT molecular complexity index is 536. The molecule has 0 bridgehead atoms. The first-order valence-electron chi connectivity index (χ1n) is 7.40. The molecule has 8 heteroatoms. The van der Waals surface area contributed by atoms with Gasteiger partial charge in [0.15, 0.2) is 24.1 Å². The van der Waals surface area contributed by atoms with E-state index in [9.17, 15) is 0 Å². The van der Waals surface area contributed by atoms with Crippen LogP contribution in [0.1, 0.15) is 13.8 Å². The first kappa shape index (κ1) is 20.4. The van der Waals surface area contributed by atoms with Crippen molar-refractivity contribution in [3.63, 3.8) is 0 Å². The van der Waals surface area contributed by atoms with Crippen molar-refractivity contribution in [2.45, 2.75) is 26.4 Å². The van der Waals surface area contributed by atoms with Crippen LogP contribution in [-0.2, 0) is 9.47 Å². The Labute approximate surface area is 152 Å². The van der Waals surface area contributed by atoms with Gasteiger partial charge in [0, 0.05) is 0 Å². The summed E-state index contributed by atoms with van der Waals surface area (Å²) >= 11 is 8.98. The zero-order valence-electron chi connectivity index (χ0n) is 13.6. The highest BCUT2D eigenvalue weighted by Gasteiger charge is 2.12. The van der Waals surface area contributed by atoms with Gasteiger partial charge < -0.3 is 18.9 Å². The fourth-order valence-corrected chi connectivity index (χ4v) is 1.87. The van der Waals surface area contributed by atoms with E-state index in [4.69, 9.17) is 18.9 Å². The molecule has 1 aromatic carbocycles. The SMILES string of the molecule is CC(OCCN=C=S)Oc1ccccc1OC(C)OCCN=C=S. The molecule has 130 valence electrons. The molecule has 2 unspecified atom stereocenters. The van der Waals surface area contributed by atoms with Gasteiger partial charge in [0.1, 0.15) is 0 Å². The minimum atomic E-state index is -0.455. The van der Waals surface area contributed by atoms with Crippen LogP contribution in [-0.4, -0.2) is 49.2 Å². The van der Waals surface area contributed by atoms with E-state index >= 15 is 0 Å². The van der Waals surface area contributed by atoms with E-state index in [2.05, 4.69) is 44.7 Å². The van der Waals surface area contributed by atoms with Crippen LogP contribution in [0, 0.1) is 0 Å². The Hall–Kier alpha value is -1.66. The average molecular weight is 368 g/mol. The van der Waals surface area contributed by atoms with Crippen LogP contribution in [0.5, 0.6) is 11.5 Å². The normalized spacial score (nSPS) is 12.4. The first-order valence-corrected chi connectivity index (χ1v) is 8.21. The van der Waals surface area contributed by atoms with Gasteiger partial charge in [-0.05, 0) is 50.4 Å². The number of hydrogen-bond donors (Lipinski definition) is 0. The third-order valence-electron chi connectivity index (χ3n) is 2.68. The zero-order valence-corrected chi connectivity index (χ0v) is 15.3. The summed E-state index contributed by atoms with van der Waals surface area (Å²) in [5.74, 6) is 1.13. The van der Waals surface area contributed by atoms with Gasteiger partial charge in [-0.15, -0.1) is 0 Å².